The van der Waals surface area contributed by atoms with E-state index in [1.54, 1.807) is 0 Å². The molecule has 19 heavy (non-hydrogen) atoms. The zero-order chi connectivity index (χ0) is 14.0. The highest BCUT2D eigenvalue weighted by Gasteiger charge is 2.35. The van der Waals surface area contributed by atoms with Gasteiger partial charge < -0.3 is 14.6 Å². The molecule has 0 saturated carbocycles. The molecular formula is C12H14F2N2O3. The molecule has 1 N–H and O–H groups in total. The van der Waals surface area contributed by atoms with Crippen LogP contribution in [0.3, 0.4) is 0 Å². The van der Waals surface area contributed by atoms with E-state index >= 15 is 0 Å². The number of carboxylic acids is 1. The first-order valence-electron chi connectivity index (χ1n) is 5.97. The van der Waals surface area contributed by atoms with Crippen LogP contribution in [-0.4, -0.2) is 45.5 Å². The summed E-state index contributed by atoms with van der Waals surface area (Å²) in [5.41, 5.74) is 0.105. The smallest absolute Gasteiger partial charge is 0.326 e. The Labute approximate surface area is 108 Å². The van der Waals surface area contributed by atoms with Crippen LogP contribution >= 0.6 is 0 Å². The molecule has 0 spiro atoms. The average molecular weight is 272 g/mol. The van der Waals surface area contributed by atoms with Gasteiger partial charge in [0.25, 0.3) is 12.3 Å². The van der Waals surface area contributed by atoms with E-state index in [1.165, 1.54) is 23.2 Å². The average Bonchev–Trinajstić information content (AvgIpc) is 2.94. The summed E-state index contributed by atoms with van der Waals surface area (Å²) in [4.78, 5) is 24.5. The maximum atomic E-state index is 12.4. The van der Waals surface area contributed by atoms with E-state index in [0.717, 1.165) is 4.57 Å². The van der Waals surface area contributed by atoms with Crippen molar-refractivity contribution >= 4 is 11.9 Å². The van der Waals surface area contributed by atoms with Crippen molar-refractivity contribution < 1.29 is 23.5 Å². The molecule has 1 atom stereocenters. The van der Waals surface area contributed by atoms with E-state index in [0.29, 0.717) is 19.4 Å². The molecule has 1 unspecified atom stereocenters. The maximum absolute atomic E-state index is 12.4. The topological polar surface area (TPSA) is 62.5 Å². The number of rotatable bonds is 4. The summed E-state index contributed by atoms with van der Waals surface area (Å²) in [6.45, 7) is -0.227. The largest absolute Gasteiger partial charge is 0.480 e. The molecular weight excluding hydrogens is 258 g/mol. The summed E-state index contributed by atoms with van der Waals surface area (Å²) < 4.78 is 25.9. The normalized spacial score (nSPS) is 19.1. The van der Waals surface area contributed by atoms with Crippen molar-refractivity contribution in [2.45, 2.75) is 31.9 Å². The number of amides is 1. The number of halogens is 2. The van der Waals surface area contributed by atoms with Crippen LogP contribution in [0.2, 0.25) is 0 Å². The minimum Gasteiger partial charge on any atom is -0.480 e. The van der Waals surface area contributed by atoms with Crippen LogP contribution < -0.4 is 0 Å². The lowest BCUT2D eigenvalue weighted by Gasteiger charge is -2.22. The summed E-state index contributed by atoms with van der Waals surface area (Å²) in [5.74, 6) is -1.56. The van der Waals surface area contributed by atoms with Gasteiger partial charge in [-0.25, -0.2) is 13.6 Å². The van der Waals surface area contributed by atoms with E-state index < -0.39 is 30.9 Å². The highest BCUT2D eigenvalue weighted by Crippen LogP contribution is 2.21. The van der Waals surface area contributed by atoms with Gasteiger partial charge in [-0.1, -0.05) is 0 Å². The van der Waals surface area contributed by atoms with Gasteiger partial charge in [-0.05, 0) is 25.0 Å². The molecule has 0 bridgehead atoms. The molecule has 5 nitrogen and oxygen atoms in total. The Hall–Kier alpha value is -1.92. The summed E-state index contributed by atoms with van der Waals surface area (Å²) in [7, 11) is 0. The Morgan fingerprint density at radius 1 is 1.47 bits per heavy atom. The number of aromatic nitrogens is 1. The number of likely N-dealkylation sites (tertiary alicyclic amines) is 1. The van der Waals surface area contributed by atoms with Gasteiger partial charge in [-0.15, -0.1) is 0 Å². The standard InChI is InChI=1S/C12H14F2N2O3/c13-10(14)7-15-5-1-3-8(15)11(17)16-6-2-4-9(16)12(18)19/h1,3,5,9-10H,2,4,6-7H2,(H,18,19). The zero-order valence-corrected chi connectivity index (χ0v) is 10.1. The third-order valence-corrected chi connectivity index (χ3v) is 3.18. The molecule has 1 aliphatic rings. The SMILES string of the molecule is O=C(O)C1CCCN1C(=O)c1cccn1CC(F)F. The van der Waals surface area contributed by atoms with Gasteiger partial charge in [0, 0.05) is 12.7 Å². The minimum atomic E-state index is -2.56. The maximum Gasteiger partial charge on any atom is 0.326 e. The lowest BCUT2D eigenvalue weighted by molar-refractivity contribution is -0.141. The number of hydrogen-bond acceptors (Lipinski definition) is 2. The molecule has 1 fully saturated rings. The number of alkyl halides is 2. The Morgan fingerprint density at radius 3 is 2.84 bits per heavy atom. The fourth-order valence-electron chi connectivity index (χ4n) is 2.33. The second-order valence-corrected chi connectivity index (χ2v) is 4.43. The van der Waals surface area contributed by atoms with Gasteiger partial charge in [-0.2, -0.15) is 0 Å². The molecule has 0 radical (unpaired) electrons. The van der Waals surface area contributed by atoms with E-state index in [9.17, 15) is 18.4 Å². The van der Waals surface area contributed by atoms with Gasteiger partial charge in [0.1, 0.15) is 11.7 Å². The summed E-state index contributed by atoms with van der Waals surface area (Å²) in [6.07, 6.45) is -0.159. The molecule has 2 heterocycles. The Kier molecular flexibility index (Phi) is 3.82. The van der Waals surface area contributed by atoms with Crippen molar-refractivity contribution in [3.05, 3.63) is 24.0 Å². The van der Waals surface area contributed by atoms with Gasteiger partial charge in [0.2, 0.25) is 0 Å². The van der Waals surface area contributed by atoms with Gasteiger partial charge in [-0.3, -0.25) is 4.79 Å². The molecule has 2 rings (SSSR count). The highest BCUT2D eigenvalue weighted by molar-refractivity contribution is 5.95. The van der Waals surface area contributed by atoms with Crippen molar-refractivity contribution in [3.63, 3.8) is 0 Å². The predicted octanol–water partition coefficient (Wildman–Crippen LogP) is 1.44. The van der Waals surface area contributed by atoms with E-state index in [2.05, 4.69) is 0 Å². The van der Waals surface area contributed by atoms with Crippen LogP contribution in [-0.2, 0) is 11.3 Å². The molecule has 1 saturated heterocycles. The number of carbonyl (C=O) groups is 2. The second-order valence-electron chi connectivity index (χ2n) is 4.43. The second kappa shape index (κ2) is 5.38. The van der Waals surface area contributed by atoms with Crippen molar-refractivity contribution in [1.29, 1.82) is 0 Å². The van der Waals surface area contributed by atoms with E-state index in [1.807, 2.05) is 0 Å². The molecule has 1 aromatic heterocycles. The predicted molar refractivity (Wildman–Crippen MR) is 62.1 cm³/mol. The van der Waals surface area contributed by atoms with Crippen LogP contribution in [0.1, 0.15) is 23.3 Å². The third-order valence-electron chi connectivity index (χ3n) is 3.18. The number of carboxylic acid groups (broad SMARTS) is 1. The fourth-order valence-corrected chi connectivity index (χ4v) is 2.33. The van der Waals surface area contributed by atoms with Crippen LogP contribution in [0.15, 0.2) is 18.3 Å². The molecule has 0 aromatic carbocycles. The summed E-state index contributed by atoms with van der Waals surface area (Å²) in [5, 5.41) is 9.02. The quantitative estimate of drug-likeness (QED) is 0.902. The molecule has 7 heteroatoms. The van der Waals surface area contributed by atoms with Crippen molar-refractivity contribution in [2.24, 2.45) is 0 Å². The molecule has 1 aromatic rings. The lowest BCUT2D eigenvalue weighted by Crippen LogP contribution is -2.41. The Morgan fingerprint density at radius 2 is 2.21 bits per heavy atom. The Bertz CT molecular complexity index is 487. The molecule has 1 amide bonds. The first-order valence-corrected chi connectivity index (χ1v) is 5.97. The molecule has 1 aliphatic heterocycles. The highest BCUT2D eigenvalue weighted by atomic mass is 19.3. The zero-order valence-electron chi connectivity index (χ0n) is 10.1. The third kappa shape index (κ3) is 2.74. The summed E-state index contributed by atoms with van der Waals surface area (Å²) >= 11 is 0. The number of carbonyl (C=O) groups excluding carboxylic acids is 1. The fraction of sp³-hybridized carbons (Fsp3) is 0.500. The monoisotopic (exact) mass is 272 g/mol. The number of nitrogens with zero attached hydrogens (tertiary/aromatic N) is 2. The molecule has 0 aliphatic carbocycles. The van der Waals surface area contributed by atoms with Crippen LogP contribution in [0.4, 0.5) is 8.78 Å². The lowest BCUT2D eigenvalue weighted by atomic mass is 10.2. The van der Waals surface area contributed by atoms with Crippen LogP contribution in [0.5, 0.6) is 0 Å². The van der Waals surface area contributed by atoms with Crippen molar-refractivity contribution in [1.82, 2.24) is 9.47 Å². The van der Waals surface area contributed by atoms with Gasteiger partial charge >= 0.3 is 5.97 Å². The van der Waals surface area contributed by atoms with Crippen LogP contribution in [0, 0.1) is 0 Å². The molecule has 104 valence electrons. The van der Waals surface area contributed by atoms with Crippen molar-refractivity contribution in [3.8, 4) is 0 Å². The van der Waals surface area contributed by atoms with E-state index in [4.69, 9.17) is 5.11 Å². The number of hydrogen-bond donors (Lipinski definition) is 1. The van der Waals surface area contributed by atoms with Gasteiger partial charge in [0.05, 0.1) is 6.54 Å². The Balaban J connectivity index is 2.20. The van der Waals surface area contributed by atoms with E-state index in [-0.39, 0.29) is 5.69 Å². The minimum absolute atomic E-state index is 0.105. The van der Waals surface area contributed by atoms with Crippen LogP contribution in [0.25, 0.3) is 0 Å². The first-order chi connectivity index (χ1) is 9.00. The van der Waals surface area contributed by atoms with Crippen molar-refractivity contribution in [2.75, 3.05) is 6.54 Å². The van der Waals surface area contributed by atoms with Gasteiger partial charge in [0.15, 0.2) is 0 Å². The number of aliphatic carboxylic acids is 1. The first kappa shape index (κ1) is 13.5. The summed E-state index contributed by atoms with van der Waals surface area (Å²) in [6, 6.07) is 2.08.